The molecule has 0 aromatic heterocycles. The van der Waals surface area contributed by atoms with Crippen LogP contribution in [0.4, 0.5) is 4.39 Å². The molecule has 1 aliphatic rings. The van der Waals surface area contributed by atoms with Crippen LogP contribution in [0, 0.1) is 5.41 Å². The maximum Gasteiger partial charge on any atom is 0.0985 e. The van der Waals surface area contributed by atoms with Gasteiger partial charge in [-0.2, -0.15) is 0 Å². The number of nitrogens with zero attached hydrogens (tertiary/aromatic N) is 1. The maximum atomic E-state index is 12.5. The quantitative estimate of drug-likeness (QED) is 0.633. The van der Waals surface area contributed by atoms with Gasteiger partial charge in [-0.3, -0.25) is 0 Å². The molecule has 0 amide bonds. The van der Waals surface area contributed by atoms with Gasteiger partial charge in [0.2, 0.25) is 0 Å². The second kappa shape index (κ2) is 3.73. The molecule has 1 fully saturated rings. The SMILES string of the molecule is CC(F)CCN1CCC(C)(C)C1. The summed E-state index contributed by atoms with van der Waals surface area (Å²) in [6.45, 7) is 9.43. The average molecular weight is 173 g/mol. The zero-order chi connectivity index (χ0) is 9.19. The molecule has 1 unspecified atom stereocenters. The van der Waals surface area contributed by atoms with Crippen molar-refractivity contribution < 1.29 is 4.39 Å². The van der Waals surface area contributed by atoms with Crippen molar-refractivity contribution in [2.24, 2.45) is 5.41 Å². The van der Waals surface area contributed by atoms with Gasteiger partial charge in [0.1, 0.15) is 0 Å². The molecule has 0 N–H and O–H groups in total. The molecule has 0 aromatic rings. The van der Waals surface area contributed by atoms with Crippen molar-refractivity contribution in [3.05, 3.63) is 0 Å². The van der Waals surface area contributed by atoms with E-state index >= 15 is 0 Å². The molecule has 12 heavy (non-hydrogen) atoms. The smallest absolute Gasteiger partial charge is 0.0985 e. The van der Waals surface area contributed by atoms with Gasteiger partial charge in [-0.05, 0) is 31.7 Å². The van der Waals surface area contributed by atoms with Crippen LogP contribution in [0.5, 0.6) is 0 Å². The lowest BCUT2D eigenvalue weighted by Gasteiger charge is -2.19. The summed E-state index contributed by atoms with van der Waals surface area (Å²) in [7, 11) is 0. The lowest BCUT2D eigenvalue weighted by atomic mass is 9.93. The minimum Gasteiger partial charge on any atom is -0.303 e. The van der Waals surface area contributed by atoms with Gasteiger partial charge in [0.15, 0.2) is 0 Å². The summed E-state index contributed by atoms with van der Waals surface area (Å²) in [4.78, 5) is 2.37. The largest absolute Gasteiger partial charge is 0.303 e. The van der Waals surface area contributed by atoms with E-state index < -0.39 is 6.17 Å². The molecule has 1 rings (SSSR count). The first-order chi connectivity index (χ1) is 5.49. The predicted molar refractivity (Wildman–Crippen MR) is 50.0 cm³/mol. The molecular weight excluding hydrogens is 153 g/mol. The van der Waals surface area contributed by atoms with Gasteiger partial charge < -0.3 is 4.90 Å². The van der Waals surface area contributed by atoms with Crippen molar-refractivity contribution in [3.8, 4) is 0 Å². The third-order valence-corrected chi connectivity index (χ3v) is 2.60. The fourth-order valence-electron chi connectivity index (χ4n) is 1.78. The van der Waals surface area contributed by atoms with E-state index in [1.165, 1.54) is 6.42 Å². The minimum atomic E-state index is -0.645. The minimum absolute atomic E-state index is 0.458. The van der Waals surface area contributed by atoms with Gasteiger partial charge in [0.25, 0.3) is 0 Å². The van der Waals surface area contributed by atoms with Crippen molar-refractivity contribution in [2.45, 2.75) is 39.8 Å². The Hall–Kier alpha value is -0.110. The Balaban J connectivity index is 2.20. The molecule has 72 valence electrons. The van der Waals surface area contributed by atoms with Crippen LogP contribution in [0.25, 0.3) is 0 Å². The topological polar surface area (TPSA) is 3.24 Å². The first-order valence-electron chi connectivity index (χ1n) is 4.86. The van der Waals surface area contributed by atoms with E-state index in [4.69, 9.17) is 0 Å². The maximum absolute atomic E-state index is 12.5. The van der Waals surface area contributed by atoms with Gasteiger partial charge in [-0.1, -0.05) is 13.8 Å². The predicted octanol–water partition coefficient (Wildman–Crippen LogP) is 2.47. The monoisotopic (exact) mass is 173 g/mol. The lowest BCUT2D eigenvalue weighted by Crippen LogP contribution is -2.25. The van der Waals surface area contributed by atoms with E-state index in [1.54, 1.807) is 6.92 Å². The molecule has 0 saturated carbocycles. The first-order valence-corrected chi connectivity index (χ1v) is 4.86. The van der Waals surface area contributed by atoms with Gasteiger partial charge in [-0.15, -0.1) is 0 Å². The first kappa shape index (κ1) is 9.97. The Morgan fingerprint density at radius 2 is 2.17 bits per heavy atom. The highest BCUT2D eigenvalue weighted by Gasteiger charge is 2.28. The van der Waals surface area contributed by atoms with E-state index in [0.29, 0.717) is 11.8 Å². The van der Waals surface area contributed by atoms with Crippen molar-refractivity contribution >= 4 is 0 Å². The molecule has 1 nitrogen and oxygen atoms in total. The van der Waals surface area contributed by atoms with Crippen LogP contribution < -0.4 is 0 Å². The summed E-state index contributed by atoms with van der Waals surface area (Å²) in [6.07, 6.45) is 1.30. The molecule has 0 radical (unpaired) electrons. The summed E-state index contributed by atoms with van der Waals surface area (Å²) in [6, 6.07) is 0. The molecule has 0 aromatic carbocycles. The molecule has 0 bridgehead atoms. The molecule has 0 spiro atoms. The Morgan fingerprint density at radius 3 is 2.58 bits per heavy atom. The summed E-state index contributed by atoms with van der Waals surface area (Å²) in [5, 5.41) is 0. The molecule has 1 heterocycles. The highest BCUT2D eigenvalue weighted by atomic mass is 19.1. The van der Waals surface area contributed by atoms with Crippen molar-refractivity contribution in [2.75, 3.05) is 19.6 Å². The van der Waals surface area contributed by atoms with Crippen LogP contribution in [-0.4, -0.2) is 30.7 Å². The van der Waals surface area contributed by atoms with E-state index in [9.17, 15) is 4.39 Å². The zero-order valence-corrected chi connectivity index (χ0v) is 8.44. The summed E-state index contributed by atoms with van der Waals surface area (Å²) in [5.74, 6) is 0. The highest BCUT2D eigenvalue weighted by molar-refractivity contribution is 4.82. The number of likely N-dealkylation sites (tertiary alicyclic amines) is 1. The van der Waals surface area contributed by atoms with E-state index in [2.05, 4.69) is 18.7 Å². The highest BCUT2D eigenvalue weighted by Crippen LogP contribution is 2.28. The number of halogens is 1. The van der Waals surface area contributed by atoms with Gasteiger partial charge in [-0.25, -0.2) is 4.39 Å². The van der Waals surface area contributed by atoms with Crippen LogP contribution in [0.2, 0.25) is 0 Å². The van der Waals surface area contributed by atoms with E-state index in [-0.39, 0.29) is 0 Å². The fraction of sp³-hybridized carbons (Fsp3) is 1.00. The normalized spacial score (nSPS) is 26.0. The molecular formula is C10H20FN. The Kier molecular flexibility index (Phi) is 3.10. The third kappa shape index (κ3) is 3.10. The van der Waals surface area contributed by atoms with Gasteiger partial charge in [0, 0.05) is 13.1 Å². The number of hydrogen-bond donors (Lipinski definition) is 0. The van der Waals surface area contributed by atoms with E-state index in [1.807, 2.05) is 0 Å². The standard InChI is InChI=1S/C10H20FN/c1-9(11)4-6-12-7-5-10(2,3)8-12/h9H,4-8H2,1-3H3. The van der Waals surface area contributed by atoms with Crippen LogP contribution in [0.3, 0.4) is 0 Å². The zero-order valence-electron chi connectivity index (χ0n) is 8.44. The number of rotatable bonds is 3. The number of hydrogen-bond acceptors (Lipinski definition) is 1. The van der Waals surface area contributed by atoms with Crippen LogP contribution >= 0.6 is 0 Å². The fourth-order valence-corrected chi connectivity index (χ4v) is 1.78. The van der Waals surface area contributed by atoms with Gasteiger partial charge >= 0.3 is 0 Å². The second-order valence-corrected chi connectivity index (χ2v) is 4.76. The van der Waals surface area contributed by atoms with Crippen molar-refractivity contribution in [3.63, 3.8) is 0 Å². The third-order valence-electron chi connectivity index (χ3n) is 2.60. The summed E-state index contributed by atoms with van der Waals surface area (Å²) < 4.78 is 12.5. The Bertz CT molecular complexity index is 143. The van der Waals surface area contributed by atoms with Gasteiger partial charge in [0.05, 0.1) is 6.17 Å². The molecule has 0 aliphatic carbocycles. The molecule has 2 heteroatoms. The van der Waals surface area contributed by atoms with E-state index in [0.717, 1.165) is 19.6 Å². The average Bonchev–Trinajstić information content (AvgIpc) is 2.26. The van der Waals surface area contributed by atoms with Crippen molar-refractivity contribution in [1.82, 2.24) is 4.90 Å². The number of alkyl halides is 1. The summed E-state index contributed by atoms with van der Waals surface area (Å²) >= 11 is 0. The van der Waals surface area contributed by atoms with Crippen LogP contribution in [0.1, 0.15) is 33.6 Å². The Morgan fingerprint density at radius 1 is 1.50 bits per heavy atom. The van der Waals surface area contributed by atoms with Crippen molar-refractivity contribution in [1.29, 1.82) is 0 Å². The molecule has 1 aliphatic heterocycles. The van der Waals surface area contributed by atoms with Crippen LogP contribution in [0.15, 0.2) is 0 Å². The molecule has 1 atom stereocenters. The lowest BCUT2D eigenvalue weighted by molar-refractivity contribution is 0.246. The Labute approximate surface area is 74.9 Å². The van der Waals surface area contributed by atoms with Crippen LogP contribution in [-0.2, 0) is 0 Å². The second-order valence-electron chi connectivity index (χ2n) is 4.76. The molecule has 1 saturated heterocycles. The summed E-state index contributed by atoms with van der Waals surface area (Å²) in [5.41, 5.74) is 0.458.